The molecule has 0 aromatic carbocycles. The summed E-state index contributed by atoms with van der Waals surface area (Å²) in [6, 6.07) is 1.80. The Balaban J connectivity index is 1.83. The molecule has 3 N–H and O–H groups in total. The fourth-order valence-corrected chi connectivity index (χ4v) is 3.13. The standard InChI is InChI=1S/C14H21N3O3S/c1-3-20-14(19)17-6-4-10(5-7-17)16-13(18)12-8-11(15)9(2)21-12/h8,10H,3-7,15H2,1-2H3,(H,16,18). The van der Waals surface area contributed by atoms with E-state index in [1.807, 2.05) is 6.92 Å². The molecule has 7 heteroatoms. The monoisotopic (exact) mass is 311 g/mol. The van der Waals surface area contributed by atoms with E-state index < -0.39 is 0 Å². The van der Waals surface area contributed by atoms with Gasteiger partial charge in [0.25, 0.3) is 5.91 Å². The highest BCUT2D eigenvalue weighted by molar-refractivity contribution is 7.14. The Bertz CT molecular complexity index is 502. The van der Waals surface area contributed by atoms with Crippen LogP contribution in [0, 0.1) is 6.92 Å². The lowest BCUT2D eigenvalue weighted by molar-refractivity contribution is 0.0862. The molecule has 0 unspecified atom stereocenters. The van der Waals surface area contributed by atoms with Crippen LogP contribution in [0.5, 0.6) is 0 Å². The minimum Gasteiger partial charge on any atom is -0.450 e. The number of ether oxygens (including phenoxy) is 1. The molecule has 2 heterocycles. The topological polar surface area (TPSA) is 84.7 Å². The first kappa shape index (κ1) is 15.6. The summed E-state index contributed by atoms with van der Waals surface area (Å²) in [7, 11) is 0. The lowest BCUT2D eigenvalue weighted by atomic mass is 10.1. The first-order valence-corrected chi connectivity index (χ1v) is 7.91. The number of nitrogens with two attached hydrogens (primary N) is 1. The van der Waals surface area contributed by atoms with Gasteiger partial charge in [-0.1, -0.05) is 0 Å². The molecule has 2 rings (SSSR count). The normalized spacial score (nSPS) is 15.8. The Morgan fingerprint density at radius 3 is 2.67 bits per heavy atom. The summed E-state index contributed by atoms with van der Waals surface area (Å²) >= 11 is 1.40. The molecule has 1 aromatic heterocycles. The number of rotatable bonds is 3. The molecule has 1 aliphatic rings. The molecular formula is C14H21N3O3S. The Kier molecular flexibility index (Phi) is 5.06. The zero-order valence-corrected chi connectivity index (χ0v) is 13.2. The molecule has 0 spiro atoms. The van der Waals surface area contributed by atoms with E-state index in [9.17, 15) is 9.59 Å². The Hall–Kier alpha value is -1.76. The maximum absolute atomic E-state index is 12.1. The highest BCUT2D eigenvalue weighted by atomic mass is 32.1. The molecular weight excluding hydrogens is 290 g/mol. The van der Waals surface area contributed by atoms with Crippen molar-refractivity contribution in [1.29, 1.82) is 0 Å². The molecule has 1 fully saturated rings. The van der Waals surface area contributed by atoms with Gasteiger partial charge in [0.05, 0.1) is 11.5 Å². The third kappa shape index (κ3) is 3.87. The first-order valence-electron chi connectivity index (χ1n) is 7.09. The Morgan fingerprint density at radius 2 is 2.14 bits per heavy atom. The minimum absolute atomic E-state index is 0.0885. The van der Waals surface area contributed by atoms with Gasteiger partial charge < -0.3 is 20.7 Å². The van der Waals surface area contributed by atoms with Crippen LogP contribution in [-0.2, 0) is 4.74 Å². The summed E-state index contributed by atoms with van der Waals surface area (Å²) in [5.74, 6) is -0.0885. The number of amides is 2. The van der Waals surface area contributed by atoms with Gasteiger partial charge in [0.15, 0.2) is 0 Å². The van der Waals surface area contributed by atoms with Crippen molar-refractivity contribution in [2.24, 2.45) is 0 Å². The molecule has 1 aromatic rings. The van der Waals surface area contributed by atoms with E-state index >= 15 is 0 Å². The van der Waals surface area contributed by atoms with E-state index in [0.717, 1.165) is 17.7 Å². The van der Waals surface area contributed by atoms with Crippen molar-refractivity contribution in [3.05, 3.63) is 15.8 Å². The number of nitrogen functional groups attached to an aromatic ring is 1. The average Bonchev–Trinajstić information content (AvgIpc) is 2.80. The van der Waals surface area contributed by atoms with Crippen LogP contribution in [0.1, 0.15) is 34.3 Å². The number of thiophene rings is 1. The largest absolute Gasteiger partial charge is 0.450 e. The average molecular weight is 311 g/mol. The number of hydrogen-bond acceptors (Lipinski definition) is 5. The SMILES string of the molecule is CCOC(=O)N1CCC(NC(=O)c2cc(N)c(C)s2)CC1. The van der Waals surface area contributed by atoms with Crippen LogP contribution < -0.4 is 11.1 Å². The Labute approximate surface area is 128 Å². The van der Waals surface area contributed by atoms with Crippen molar-refractivity contribution >= 4 is 29.0 Å². The third-order valence-electron chi connectivity index (χ3n) is 3.54. The predicted molar refractivity (Wildman–Crippen MR) is 82.6 cm³/mol. The van der Waals surface area contributed by atoms with Gasteiger partial charge in [-0.25, -0.2) is 4.79 Å². The number of aryl methyl sites for hydroxylation is 1. The predicted octanol–water partition coefficient (Wildman–Crippen LogP) is 1.99. The fraction of sp³-hybridized carbons (Fsp3) is 0.571. The number of hydrogen-bond donors (Lipinski definition) is 2. The molecule has 2 amide bonds. The highest BCUT2D eigenvalue weighted by Gasteiger charge is 2.25. The van der Waals surface area contributed by atoms with Crippen LogP contribution in [0.15, 0.2) is 6.07 Å². The van der Waals surface area contributed by atoms with Gasteiger partial charge in [-0.15, -0.1) is 11.3 Å². The van der Waals surface area contributed by atoms with Crippen LogP contribution in [0.3, 0.4) is 0 Å². The van der Waals surface area contributed by atoms with Gasteiger partial charge in [-0.2, -0.15) is 0 Å². The van der Waals surface area contributed by atoms with Crippen molar-refractivity contribution < 1.29 is 14.3 Å². The maximum Gasteiger partial charge on any atom is 0.409 e. The van der Waals surface area contributed by atoms with Gasteiger partial charge in [0.2, 0.25) is 0 Å². The second-order valence-corrected chi connectivity index (χ2v) is 6.31. The van der Waals surface area contributed by atoms with Crippen LogP contribution in [0.25, 0.3) is 0 Å². The summed E-state index contributed by atoms with van der Waals surface area (Å²) in [5, 5.41) is 3.00. The van der Waals surface area contributed by atoms with Crippen molar-refractivity contribution in [1.82, 2.24) is 10.2 Å². The molecule has 116 valence electrons. The smallest absolute Gasteiger partial charge is 0.409 e. The molecule has 6 nitrogen and oxygen atoms in total. The quantitative estimate of drug-likeness (QED) is 0.894. The van der Waals surface area contributed by atoms with Gasteiger partial charge in [-0.05, 0) is 32.8 Å². The molecule has 1 aliphatic heterocycles. The van der Waals surface area contributed by atoms with Gasteiger partial charge in [0, 0.05) is 29.7 Å². The number of likely N-dealkylation sites (tertiary alicyclic amines) is 1. The van der Waals surface area contributed by atoms with Crippen LogP contribution in [0.4, 0.5) is 10.5 Å². The van der Waals surface area contributed by atoms with Gasteiger partial charge >= 0.3 is 6.09 Å². The lowest BCUT2D eigenvalue weighted by Crippen LogP contribution is -2.46. The van der Waals surface area contributed by atoms with E-state index in [2.05, 4.69) is 5.32 Å². The number of carbonyl (C=O) groups excluding carboxylic acids is 2. The maximum atomic E-state index is 12.1. The second kappa shape index (κ2) is 6.80. The Morgan fingerprint density at radius 1 is 1.48 bits per heavy atom. The van der Waals surface area contributed by atoms with E-state index in [1.54, 1.807) is 17.9 Å². The summed E-state index contributed by atoms with van der Waals surface area (Å²) in [6.45, 7) is 5.29. The fourth-order valence-electron chi connectivity index (χ4n) is 2.29. The van der Waals surface area contributed by atoms with Crippen molar-refractivity contribution in [2.45, 2.75) is 32.7 Å². The molecule has 0 radical (unpaired) electrons. The number of carbonyl (C=O) groups is 2. The zero-order chi connectivity index (χ0) is 15.4. The number of nitrogens with zero attached hydrogens (tertiary/aromatic N) is 1. The molecule has 0 bridgehead atoms. The van der Waals surface area contributed by atoms with Crippen LogP contribution in [-0.4, -0.2) is 42.6 Å². The highest BCUT2D eigenvalue weighted by Crippen LogP contribution is 2.23. The van der Waals surface area contributed by atoms with Gasteiger partial charge in [0.1, 0.15) is 0 Å². The lowest BCUT2D eigenvalue weighted by Gasteiger charge is -2.31. The summed E-state index contributed by atoms with van der Waals surface area (Å²) in [4.78, 5) is 27.0. The van der Waals surface area contributed by atoms with Crippen molar-refractivity contribution in [2.75, 3.05) is 25.4 Å². The van der Waals surface area contributed by atoms with E-state index in [0.29, 0.717) is 30.3 Å². The molecule has 21 heavy (non-hydrogen) atoms. The number of nitrogens with one attached hydrogen (secondary N) is 1. The van der Waals surface area contributed by atoms with Crippen LogP contribution >= 0.6 is 11.3 Å². The van der Waals surface area contributed by atoms with Crippen LogP contribution in [0.2, 0.25) is 0 Å². The van der Waals surface area contributed by atoms with Gasteiger partial charge in [-0.3, -0.25) is 4.79 Å². The summed E-state index contributed by atoms with van der Waals surface area (Å²) in [6.07, 6.45) is 1.21. The van der Waals surface area contributed by atoms with E-state index in [1.165, 1.54) is 11.3 Å². The molecule has 1 saturated heterocycles. The van der Waals surface area contributed by atoms with E-state index in [-0.39, 0.29) is 18.0 Å². The number of anilines is 1. The summed E-state index contributed by atoms with van der Waals surface area (Å²) < 4.78 is 4.97. The summed E-state index contributed by atoms with van der Waals surface area (Å²) in [5.41, 5.74) is 6.42. The van der Waals surface area contributed by atoms with Crippen molar-refractivity contribution in [3.8, 4) is 0 Å². The van der Waals surface area contributed by atoms with Crippen molar-refractivity contribution in [3.63, 3.8) is 0 Å². The second-order valence-electron chi connectivity index (χ2n) is 5.06. The third-order valence-corrected chi connectivity index (χ3v) is 4.60. The minimum atomic E-state index is -0.274. The molecule has 0 atom stereocenters. The molecule has 0 aliphatic carbocycles. The number of piperidine rings is 1. The first-order chi connectivity index (χ1) is 10.0. The zero-order valence-electron chi connectivity index (χ0n) is 12.3. The van der Waals surface area contributed by atoms with E-state index in [4.69, 9.17) is 10.5 Å². The molecule has 0 saturated carbocycles.